The van der Waals surface area contributed by atoms with Gasteiger partial charge in [0.15, 0.2) is 22.4 Å². The molecule has 0 bridgehead atoms. The topological polar surface area (TPSA) is 93.3 Å². The van der Waals surface area contributed by atoms with Gasteiger partial charge in [-0.3, -0.25) is 9.59 Å². The summed E-state index contributed by atoms with van der Waals surface area (Å²) in [6, 6.07) is 5.64. The summed E-state index contributed by atoms with van der Waals surface area (Å²) in [7, 11) is 0. The number of unbranched alkanes of at least 4 members (excludes halogenated alkanes) is 2. The van der Waals surface area contributed by atoms with Crippen molar-refractivity contribution < 1.29 is 14.3 Å². The molecule has 0 fully saturated rings. The summed E-state index contributed by atoms with van der Waals surface area (Å²) < 4.78 is 11.0. The Morgan fingerprint density at radius 3 is 2.79 bits per heavy atom. The van der Waals surface area contributed by atoms with Crippen LogP contribution in [0.3, 0.4) is 0 Å². The molecule has 8 heteroatoms. The lowest BCUT2D eigenvalue weighted by molar-refractivity contribution is -0.118. The number of H-pyrrole nitrogens is 1. The summed E-state index contributed by atoms with van der Waals surface area (Å²) in [6.45, 7) is 6.54. The van der Waals surface area contributed by atoms with Crippen molar-refractivity contribution in [2.75, 3.05) is 17.9 Å². The lowest BCUT2D eigenvalue weighted by Crippen LogP contribution is -2.37. The highest BCUT2D eigenvalue weighted by Gasteiger charge is 2.42. The first-order valence-electron chi connectivity index (χ1n) is 11.6. The van der Waals surface area contributed by atoms with Crippen LogP contribution < -0.4 is 20.3 Å². The average molecular weight is 468 g/mol. The van der Waals surface area contributed by atoms with Crippen LogP contribution in [-0.2, 0) is 4.79 Å². The summed E-state index contributed by atoms with van der Waals surface area (Å²) >= 11 is 1.56. The van der Waals surface area contributed by atoms with E-state index in [1.54, 1.807) is 11.8 Å². The molecule has 1 unspecified atom stereocenters. The Hall–Kier alpha value is -2.74. The number of nitrogens with zero attached hydrogens (tertiary/aromatic N) is 1. The second kappa shape index (κ2) is 8.56. The van der Waals surface area contributed by atoms with Crippen molar-refractivity contribution in [1.29, 1.82) is 0 Å². The lowest BCUT2D eigenvalue weighted by atomic mass is 9.69. The molecule has 0 saturated heterocycles. The van der Waals surface area contributed by atoms with Gasteiger partial charge in [0, 0.05) is 29.4 Å². The number of nitrogens with one attached hydrogen (secondary N) is 2. The number of aromatic nitrogens is 2. The number of carbonyl (C=O) groups excluding carboxylic acids is 1. The van der Waals surface area contributed by atoms with E-state index >= 15 is 0 Å². The molecule has 3 aliphatic rings. The molecule has 33 heavy (non-hydrogen) atoms. The Bertz CT molecular complexity index is 1200. The van der Waals surface area contributed by atoms with Gasteiger partial charge < -0.3 is 19.8 Å². The third-order valence-corrected chi connectivity index (χ3v) is 7.38. The van der Waals surface area contributed by atoms with E-state index in [4.69, 9.17) is 14.5 Å². The van der Waals surface area contributed by atoms with E-state index in [9.17, 15) is 9.59 Å². The van der Waals surface area contributed by atoms with Gasteiger partial charge >= 0.3 is 0 Å². The van der Waals surface area contributed by atoms with E-state index in [0.29, 0.717) is 40.0 Å². The van der Waals surface area contributed by atoms with Gasteiger partial charge in [-0.2, -0.15) is 0 Å². The molecule has 0 saturated carbocycles. The highest BCUT2D eigenvalue weighted by molar-refractivity contribution is 7.99. The number of hydrogen-bond donors (Lipinski definition) is 2. The number of rotatable bonds is 6. The van der Waals surface area contributed by atoms with Crippen molar-refractivity contribution in [3.63, 3.8) is 0 Å². The maximum atomic E-state index is 13.4. The van der Waals surface area contributed by atoms with Crippen molar-refractivity contribution in [3.05, 3.63) is 50.9 Å². The normalized spacial score (nSPS) is 20.3. The Labute approximate surface area is 197 Å². The number of thioether (sulfide) groups is 1. The zero-order valence-electron chi connectivity index (χ0n) is 19.2. The van der Waals surface area contributed by atoms with Crippen molar-refractivity contribution >= 4 is 23.4 Å². The van der Waals surface area contributed by atoms with Gasteiger partial charge in [-0.05, 0) is 36.0 Å². The molecule has 5 rings (SSSR count). The zero-order chi connectivity index (χ0) is 23.2. The lowest BCUT2D eigenvalue weighted by Gasteiger charge is -2.38. The van der Waals surface area contributed by atoms with Crippen molar-refractivity contribution in [1.82, 2.24) is 9.97 Å². The maximum Gasteiger partial charge on any atom is 0.257 e. The third-order valence-electron chi connectivity index (χ3n) is 6.42. The van der Waals surface area contributed by atoms with Crippen LogP contribution in [0.15, 0.2) is 39.4 Å². The number of carbonyl (C=O) groups is 1. The van der Waals surface area contributed by atoms with E-state index in [0.717, 1.165) is 42.7 Å². The highest BCUT2D eigenvalue weighted by atomic mass is 32.2. The fourth-order valence-corrected chi connectivity index (χ4v) is 5.77. The highest BCUT2D eigenvalue weighted by Crippen LogP contribution is 2.49. The Morgan fingerprint density at radius 1 is 1.15 bits per heavy atom. The number of Topliss-reactive ketones (excluding diaryl/α,β-unsaturated/α-hetero) is 1. The van der Waals surface area contributed by atoms with E-state index in [1.807, 2.05) is 18.2 Å². The number of hydrogen-bond acceptors (Lipinski definition) is 7. The first kappa shape index (κ1) is 22.1. The van der Waals surface area contributed by atoms with E-state index < -0.39 is 5.92 Å². The number of allylic oxidation sites excluding steroid dienone is 2. The summed E-state index contributed by atoms with van der Waals surface area (Å²) in [5.74, 6) is 2.32. The zero-order valence-corrected chi connectivity index (χ0v) is 20.1. The molecule has 2 N–H and O–H groups in total. The molecular formula is C25H29N3O4S. The second-order valence-corrected chi connectivity index (χ2v) is 10.8. The van der Waals surface area contributed by atoms with Gasteiger partial charge in [0.2, 0.25) is 6.79 Å². The molecule has 0 amide bonds. The molecule has 0 radical (unpaired) electrons. The molecule has 1 aliphatic carbocycles. The monoisotopic (exact) mass is 467 g/mol. The predicted octanol–water partition coefficient (Wildman–Crippen LogP) is 4.98. The molecule has 1 atom stereocenters. The molecule has 2 aromatic rings. The number of ketones is 1. The first-order valence-corrected chi connectivity index (χ1v) is 12.5. The van der Waals surface area contributed by atoms with Crippen molar-refractivity contribution in [2.45, 2.75) is 63.9 Å². The number of benzene rings is 1. The average Bonchev–Trinajstić information content (AvgIpc) is 3.22. The van der Waals surface area contributed by atoms with Crippen LogP contribution in [0.25, 0.3) is 0 Å². The molecule has 0 spiro atoms. The third kappa shape index (κ3) is 4.16. The summed E-state index contributed by atoms with van der Waals surface area (Å²) in [5.41, 5.74) is 2.48. The first-order chi connectivity index (χ1) is 15.9. The molecule has 1 aromatic heterocycles. The minimum Gasteiger partial charge on any atom is -0.454 e. The van der Waals surface area contributed by atoms with E-state index in [2.05, 4.69) is 31.1 Å². The maximum absolute atomic E-state index is 13.4. The Balaban J connectivity index is 1.61. The largest absolute Gasteiger partial charge is 0.454 e. The van der Waals surface area contributed by atoms with Crippen molar-refractivity contribution in [3.8, 4) is 11.5 Å². The van der Waals surface area contributed by atoms with Gasteiger partial charge in [-0.15, -0.1) is 0 Å². The smallest absolute Gasteiger partial charge is 0.257 e. The fourth-order valence-electron chi connectivity index (χ4n) is 4.91. The number of anilines is 1. The Kier molecular flexibility index (Phi) is 5.72. The SMILES string of the molecule is CCCCCSc1nc2c(c(=O)[nH]1)C(c1ccc3c(c1)OCO3)C1=C(CC(C)(C)CC1=O)N2. The molecule has 3 heterocycles. The van der Waals surface area contributed by atoms with E-state index in [-0.39, 0.29) is 23.6 Å². The van der Waals surface area contributed by atoms with Crippen molar-refractivity contribution in [2.24, 2.45) is 5.41 Å². The van der Waals surface area contributed by atoms with Gasteiger partial charge in [-0.1, -0.05) is 51.4 Å². The van der Waals surface area contributed by atoms with Crippen LogP contribution in [0.5, 0.6) is 11.5 Å². The molecule has 7 nitrogen and oxygen atoms in total. The molecular weight excluding hydrogens is 438 g/mol. The summed E-state index contributed by atoms with van der Waals surface area (Å²) in [5, 5.41) is 3.99. The number of ether oxygens (including phenoxy) is 2. The van der Waals surface area contributed by atoms with E-state index in [1.165, 1.54) is 0 Å². The quantitative estimate of drug-likeness (QED) is 0.351. The minimum absolute atomic E-state index is 0.0690. The van der Waals surface area contributed by atoms with Crippen LogP contribution >= 0.6 is 11.8 Å². The second-order valence-electron chi connectivity index (χ2n) is 9.69. The fraction of sp³-hybridized carbons (Fsp3) is 0.480. The standard InChI is InChI=1S/C25H29N3O4S/c1-4-5-6-9-33-24-27-22-21(23(30)28-24)19(14-7-8-17-18(10-14)32-13-31-17)20-15(26-22)11-25(2,3)12-16(20)29/h7-8,10,19H,4-6,9,11-13H2,1-3H3,(H2,26,27,28,30). The van der Waals surface area contributed by atoms with Gasteiger partial charge in [-0.25, -0.2) is 4.98 Å². The Morgan fingerprint density at radius 2 is 1.97 bits per heavy atom. The van der Waals surface area contributed by atoms with Crippen LogP contribution in [-0.4, -0.2) is 28.3 Å². The van der Waals surface area contributed by atoms with Crippen LogP contribution in [0.4, 0.5) is 5.82 Å². The summed E-state index contributed by atoms with van der Waals surface area (Å²) in [4.78, 5) is 34.5. The number of fused-ring (bicyclic) bond motifs is 2. The van der Waals surface area contributed by atoms with Gasteiger partial charge in [0.25, 0.3) is 5.56 Å². The van der Waals surface area contributed by atoms with Crippen LogP contribution in [0.2, 0.25) is 0 Å². The molecule has 1 aromatic carbocycles. The number of aromatic amines is 1. The summed E-state index contributed by atoms with van der Waals surface area (Å²) in [6.07, 6.45) is 4.55. The minimum atomic E-state index is -0.496. The predicted molar refractivity (Wildman–Crippen MR) is 128 cm³/mol. The molecule has 2 aliphatic heterocycles. The van der Waals surface area contributed by atoms with Crippen LogP contribution in [0, 0.1) is 5.41 Å². The van der Waals surface area contributed by atoms with Gasteiger partial charge in [0.1, 0.15) is 5.82 Å². The van der Waals surface area contributed by atoms with Gasteiger partial charge in [0.05, 0.1) is 5.56 Å². The van der Waals surface area contributed by atoms with Crippen LogP contribution in [0.1, 0.15) is 69.9 Å². The molecule has 174 valence electrons.